The highest BCUT2D eigenvalue weighted by molar-refractivity contribution is 9.10. The summed E-state index contributed by atoms with van der Waals surface area (Å²) in [7, 11) is 1.64. The fourth-order valence-corrected chi connectivity index (χ4v) is 3.89. The topological polar surface area (TPSA) is 46.9 Å². The SMILES string of the molecule is Cn1ncc(NC2CCSc3ccccc32)c(Br)c1=O. The van der Waals surface area contributed by atoms with Crippen molar-refractivity contribution in [3.63, 3.8) is 0 Å². The first-order chi connectivity index (χ1) is 9.66. The first kappa shape index (κ1) is 13.7. The quantitative estimate of drug-likeness (QED) is 0.902. The van der Waals surface area contributed by atoms with Gasteiger partial charge in [-0.1, -0.05) is 18.2 Å². The second-order valence-electron chi connectivity index (χ2n) is 4.67. The van der Waals surface area contributed by atoms with Crippen molar-refractivity contribution in [2.45, 2.75) is 17.4 Å². The molecule has 0 bridgehead atoms. The van der Waals surface area contributed by atoms with Gasteiger partial charge in [0.15, 0.2) is 0 Å². The monoisotopic (exact) mass is 351 g/mol. The normalized spacial score (nSPS) is 17.6. The third-order valence-corrected chi connectivity index (χ3v) is 5.26. The number of nitrogens with zero attached hydrogens (tertiary/aromatic N) is 2. The van der Waals surface area contributed by atoms with Gasteiger partial charge in [-0.15, -0.1) is 11.8 Å². The van der Waals surface area contributed by atoms with E-state index >= 15 is 0 Å². The molecular formula is C14H14BrN3OS. The first-order valence-corrected chi connectivity index (χ1v) is 8.15. The van der Waals surface area contributed by atoms with Crippen LogP contribution in [0.1, 0.15) is 18.0 Å². The average molecular weight is 352 g/mol. The van der Waals surface area contributed by atoms with Crippen LogP contribution in [0, 0.1) is 0 Å². The maximum Gasteiger partial charge on any atom is 0.282 e. The molecule has 0 fully saturated rings. The van der Waals surface area contributed by atoms with E-state index in [1.807, 2.05) is 11.8 Å². The lowest BCUT2D eigenvalue weighted by atomic mass is 10.0. The number of nitrogens with one attached hydrogen (secondary N) is 1. The zero-order chi connectivity index (χ0) is 14.1. The maximum atomic E-state index is 11.9. The standard InChI is InChI=1S/C14H14BrN3OS/c1-18-14(19)13(15)11(8-16-18)17-10-6-7-20-12-5-3-2-4-9(10)12/h2-5,8,10,17H,6-7H2,1H3. The van der Waals surface area contributed by atoms with Crippen LogP contribution in [0.3, 0.4) is 0 Å². The lowest BCUT2D eigenvalue weighted by molar-refractivity contribution is 0.691. The minimum Gasteiger partial charge on any atom is -0.376 e. The zero-order valence-electron chi connectivity index (χ0n) is 11.0. The lowest BCUT2D eigenvalue weighted by Crippen LogP contribution is -2.23. The number of rotatable bonds is 2. The van der Waals surface area contributed by atoms with Gasteiger partial charge in [-0.05, 0) is 34.0 Å². The van der Waals surface area contributed by atoms with Crippen molar-refractivity contribution in [2.75, 3.05) is 11.1 Å². The minimum atomic E-state index is -0.131. The van der Waals surface area contributed by atoms with Crippen LogP contribution in [-0.2, 0) is 7.05 Å². The van der Waals surface area contributed by atoms with Crippen LogP contribution in [0.2, 0.25) is 0 Å². The molecule has 104 valence electrons. The smallest absolute Gasteiger partial charge is 0.282 e. The number of anilines is 1. The van der Waals surface area contributed by atoms with Crippen LogP contribution in [-0.4, -0.2) is 15.5 Å². The Morgan fingerprint density at radius 1 is 1.45 bits per heavy atom. The first-order valence-electron chi connectivity index (χ1n) is 6.37. The minimum absolute atomic E-state index is 0.131. The molecule has 20 heavy (non-hydrogen) atoms. The average Bonchev–Trinajstić information content (AvgIpc) is 2.48. The van der Waals surface area contributed by atoms with Gasteiger partial charge >= 0.3 is 0 Å². The second-order valence-corrected chi connectivity index (χ2v) is 6.60. The molecule has 0 aliphatic carbocycles. The van der Waals surface area contributed by atoms with E-state index in [0.717, 1.165) is 17.9 Å². The van der Waals surface area contributed by atoms with Gasteiger partial charge in [0.25, 0.3) is 5.56 Å². The van der Waals surface area contributed by atoms with E-state index in [-0.39, 0.29) is 11.6 Å². The van der Waals surface area contributed by atoms with Crippen LogP contribution >= 0.6 is 27.7 Å². The van der Waals surface area contributed by atoms with Crippen molar-refractivity contribution in [1.82, 2.24) is 9.78 Å². The molecule has 0 spiro atoms. The van der Waals surface area contributed by atoms with Crippen LogP contribution in [0.5, 0.6) is 0 Å². The van der Waals surface area contributed by atoms with E-state index in [0.29, 0.717) is 4.47 Å². The Bertz CT molecular complexity index is 701. The predicted molar refractivity (Wildman–Crippen MR) is 85.3 cm³/mol. The van der Waals surface area contributed by atoms with Gasteiger partial charge in [0, 0.05) is 17.7 Å². The molecule has 1 aromatic carbocycles. The summed E-state index contributed by atoms with van der Waals surface area (Å²) in [6.45, 7) is 0. The summed E-state index contributed by atoms with van der Waals surface area (Å²) in [5, 5.41) is 7.50. The summed E-state index contributed by atoms with van der Waals surface area (Å²) in [4.78, 5) is 13.2. The lowest BCUT2D eigenvalue weighted by Gasteiger charge is -2.27. The Morgan fingerprint density at radius 3 is 3.10 bits per heavy atom. The number of thioether (sulfide) groups is 1. The molecule has 1 aliphatic rings. The van der Waals surface area contributed by atoms with Crippen molar-refractivity contribution >= 4 is 33.4 Å². The molecule has 1 aromatic heterocycles. The van der Waals surface area contributed by atoms with E-state index < -0.39 is 0 Å². The van der Waals surface area contributed by atoms with Gasteiger partial charge in [0.05, 0.1) is 17.9 Å². The number of aromatic nitrogens is 2. The Hall–Kier alpha value is -1.27. The van der Waals surface area contributed by atoms with Crippen molar-refractivity contribution in [1.29, 1.82) is 0 Å². The molecule has 2 heterocycles. The highest BCUT2D eigenvalue weighted by Crippen LogP contribution is 2.38. The van der Waals surface area contributed by atoms with Gasteiger partial charge < -0.3 is 5.32 Å². The number of halogens is 1. The van der Waals surface area contributed by atoms with Crippen molar-refractivity contribution in [3.05, 3.63) is 50.9 Å². The summed E-state index contributed by atoms with van der Waals surface area (Å²) >= 11 is 5.24. The number of benzene rings is 1. The molecule has 2 aromatic rings. The molecule has 3 rings (SSSR count). The maximum absolute atomic E-state index is 11.9. The zero-order valence-corrected chi connectivity index (χ0v) is 13.4. The molecule has 0 radical (unpaired) electrons. The molecule has 1 aliphatic heterocycles. The Labute approximate surface area is 129 Å². The highest BCUT2D eigenvalue weighted by Gasteiger charge is 2.21. The third-order valence-electron chi connectivity index (χ3n) is 3.37. The Kier molecular flexibility index (Phi) is 3.85. The third kappa shape index (κ3) is 2.50. The van der Waals surface area contributed by atoms with Gasteiger partial charge in [-0.25, -0.2) is 4.68 Å². The molecule has 6 heteroatoms. The van der Waals surface area contributed by atoms with Crippen molar-refractivity contribution in [2.24, 2.45) is 7.05 Å². The van der Waals surface area contributed by atoms with Crippen molar-refractivity contribution < 1.29 is 0 Å². The molecule has 0 saturated heterocycles. The second kappa shape index (κ2) is 5.61. The highest BCUT2D eigenvalue weighted by atomic mass is 79.9. The number of fused-ring (bicyclic) bond motifs is 1. The summed E-state index contributed by atoms with van der Waals surface area (Å²) in [6, 6.07) is 8.62. The molecule has 4 nitrogen and oxygen atoms in total. The van der Waals surface area contributed by atoms with Crippen LogP contribution in [0.4, 0.5) is 5.69 Å². The van der Waals surface area contributed by atoms with E-state index in [1.54, 1.807) is 13.2 Å². The fourth-order valence-electron chi connectivity index (χ4n) is 2.29. The van der Waals surface area contributed by atoms with Crippen molar-refractivity contribution in [3.8, 4) is 0 Å². The fraction of sp³-hybridized carbons (Fsp3) is 0.286. The summed E-state index contributed by atoms with van der Waals surface area (Å²) < 4.78 is 1.85. The van der Waals surface area contributed by atoms with Crippen LogP contribution in [0.15, 0.2) is 44.6 Å². The number of hydrogen-bond acceptors (Lipinski definition) is 4. The van der Waals surface area contributed by atoms with E-state index in [2.05, 4.69) is 50.6 Å². The van der Waals surface area contributed by atoms with E-state index in [4.69, 9.17) is 0 Å². The molecule has 1 atom stereocenters. The van der Waals surface area contributed by atoms with E-state index in [9.17, 15) is 4.79 Å². The van der Waals surface area contributed by atoms with Crippen LogP contribution in [0.25, 0.3) is 0 Å². The van der Waals surface area contributed by atoms with Gasteiger partial charge in [0.1, 0.15) is 4.47 Å². The summed E-state index contributed by atoms with van der Waals surface area (Å²) in [6.07, 6.45) is 2.72. The Morgan fingerprint density at radius 2 is 2.25 bits per heavy atom. The van der Waals surface area contributed by atoms with Gasteiger partial charge in [-0.3, -0.25) is 4.79 Å². The largest absolute Gasteiger partial charge is 0.376 e. The van der Waals surface area contributed by atoms with Crippen LogP contribution < -0.4 is 10.9 Å². The predicted octanol–water partition coefficient (Wildman–Crippen LogP) is 3.19. The van der Waals surface area contributed by atoms with E-state index in [1.165, 1.54) is 15.1 Å². The number of hydrogen-bond donors (Lipinski definition) is 1. The molecule has 0 amide bonds. The Balaban J connectivity index is 1.94. The van der Waals surface area contributed by atoms with Gasteiger partial charge in [-0.2, -0.15) is 5.10 Å². The molecular weight excluding hydrogens is 338 g/mol. The molecule has 0 saturated carbocycles. The number of aryl methyl sites for hydroxylation is 1. The molecule has 1 N–H and O–H groups in total. The summed E-state index contributed by atoms with van der Waals surface area (Å²) in [5.74, 6) is 1.07. The summed E-state index contributed by atoms with van der Waals surface area (Å²) in [5.41, 5.74) is 1.91. The van der Waals surface area contributed by atoms with Gasteiger partial charge in [0.2, 0.25) is 0 Å². The molecule has 1 unspecified atom stereocenters.